The molecule has 0 aliphatic carbocycles. The molecule has 1 aromatic heterocycles. The first-order valence-electron chi connectivity index (χ1n) is 6.46. The number of phenols is 1. The van der Waals surface area contributed by atoms with E-state index in [1.54, 1.807) is 10.6 Å². The maximum atomic E-state index is 12.7. The molecule has 0 radical (unpaired) electrons. The van der Waals surface area contributed by atoms with Gasteiger partial charge < -0.3 is 5.11 Å². The molecule has 3 aromatic rings. The first kappa shape index (κ1) is 14.1. The van der Waals surface area contributed by atoms with Crippen molar-refractivity contribution in [3.63, 3.8) is 0 Å². The molecule has 0 spiro atoms. The molecular weight excluding hydrogens is 379 g/mol. The Balaban J connectivity index is 2.40. The molecule has 0 saturated heterocycles. The average Bonchev–Trinajstić information content (AvgIpc) is 2.42. The number of hydrogen-bond donors (Lipinski definition) is 1. The summed E-state index contributed by atoms with van der Waals surface area (Å²) >= 11 is 2.24. The summed E-state index contributed by atoms with van der Waals surface area (Å²) in [6, 6.07) is 10.6. The number of phenolic OH excluding ortho intramolecular Hbond substituents is 1. The zero-order valence-corrected chi connectivity index (χ0v) is 13.7. The highest BCUT2D eigenvalue weighted by molar-refractivity contribution is 14.1. The van der Waals surface area contributed by atoms with Gasteiger partial charge in [0.25, 0.3) is 5.56 Å². The Morgan fingerprint density at radius 2 is 1.90 bits per heavy atom. The van der Waals surface area contributed by atoms with Crippen molar-refractivity contribution in [2.24, 2.45) is 0 Å². The molecule has 4 nitrogen and oxygen atoms in total. The van der Waals surface area contributed by atoms with Gasteiger partial charge in [-0.3, -0.25) is 9.36 Å². The van der Waals surface area contributed by atoms with Gasteiger partial charge in [-0.15, -0.1) is 0 Å². The van der Waals surface area contributed by atoms with E-state index in [1.165, 1.54) is 12.1 Å². The van der Waals surface area contributed by atoms with Crippen molar-refractivity contribution in [2.45, 2.75) is 13.8 Å². The molecular formula is C16H13IN2O2. The van der Waals surface area contributed by atoms with Crippen molar-refractivity contribution in [3.05, 3.63) is 61.7 Å². The van der Waals surface area contributed by atoms with Crippen LogP contribution in [0.25, 0.3) is 16.6 Å². The van der Waals surface area contributed by atoms with Crippen LogP contribution >= 0.6 is 22.6 Å². The lowest BCUT2D eigenvalue weighted by molar-refractivity contribution is 0.476. The van der Waals surface area contributed by atoms with Crippen LogP contribution in [0.2, 0.25) is 0 Å². The van der Waals surface area contributed by atoms with Crippen molar-refractivity contribution in [1.29, 1.82) is 0 Å². The predicted molar refractivity (Wildman–Crippen MR) is 91.2 cm³/mol. The van der Waals surface area contributed by atoms with Gasteiger partial charge in [-0.2, -0.15) is 0 Å². The van der Waals surface area contributed by atoms with Crippen LogP contribution in [-0.2, 0) is 0 Å². The fraction of sp³-hybridized carbons (Fsp3) is 0.125. The number of fused-ring (bicyclic) bond motifs is 1. The zero-order valence-electron chi connectivity index (χ0n) is 11.6. The summed E-state index contributed by atoms with van der Waals surface area (Å²) in [7, 11) is 0. The van der Waals surface area contributed by atoms with Crippen molar-refractivity contribution < 1.29 is 5.11 Å². The monoisotopic (exact) mass is 392 g/mol. The number of halogens is 1. The SMILES string of the molecule is Cc1cc(I)ccc1-n1c(C)nc2ccc(O)cc2c1=O. The topological polar surface area (TPSA) is 55.1 Å². The Kier molecular flexibility index (Phi) is 3.44. The van der Waals surface area contributed by atoms with E-state index in [4.69, 9.17) is 0 Å². The molecule has 2 aromatic carbocycles. The summed E-state index contributed by atoms with van der Waals surface area (Å²) in [5, 5.41) is 10.0. The van der Waals surface area contributed by atoms with Crippen LogP contribution in [0.3, 0.4) is 0 Å². The minimum Gasteiger partial charge on any atom is -0.508 e. The van der Waals surface area contributed by atoms with Gasteiger partial charge >= 0.3 is 0 Å². The zero-order chi connectivity index (χ0) is 15.1. The quantitative estimate of drug-likeness (QED) is 0.647. The molecule has 0 bridgehead atoms. The first-order valence-corrected chi connectivity index (χ1v) is 7.54. The lowest BCUT2D eigenvalue weighted by atomic mass is 10.2. The van der Waals surface area contributed by atoms with Crippen molar-refractivity contribution >= 4 is 33.5 Å². The number of aryl methyl sites for hydroxylation is 2. The van der Waals surface area contributed by atoms with Gasteiger partial charge in [0.05, 0.1) is 16.6 Å². The van der Waals surface area contributed by atoms with Crippen LogP contribution in [0.15, 0.2) is 41.2 Å². The third-order valence-corrected chi connectivity index (χ3v) is 4.09. The highest BCUT2D eigenvalue weighted by Crippen LogP contribution is 2.20. The highest BCUT2D eigenvalue weighted by Gasteiger charge is 2.12. The van der Waals surface area contributed by atoms with Crippen LogP contribution in [0.4, 0.5) is 0 Å². The van der Waals surface area contributed by atoms with E-state index in [1.807, 2.05) is 32.0 Å². The second kappa shape index (κ2) is 5.14. The Morgan fingerprint density at radius 3 is 2.62 bits per heavy atom. The smallest absolute Gasteiger partial charge is 0.266 e. The normalized spacial score (nSPS) is 11.0. The largest absolute Gasteiger partial charge is 0.508 e. The van der Waals surface area contributed by atoms with Crippen LogP contribution in [0.1, 0.15) is 11.4 Å². The number of benzene rings is 2. The Morgan fingerprint density at radius 1 is 1.14 bits per heavy atom. The van der Waals surface area contributed by atoms with Crippen molar-refractivity contribution in [2.75, 3.05) is 0 Å². The molecule has 106 valence electrons. The fourth-order valence-electron chi connectivity index (χ4n) is 2.44. The van der Waals surface area contributed by atoms with Gasteiger partial charge in [-0.25, -0.2) is 4.98 Å². The highest BCUT2D eigenvalue weighted by atomic mass is 127. The first-order chi connectivity index (χ1) is 9.97. The van der Waals surface area contributed by atoms with Gasteiger partial charge in [0.2, 0.25) is 0 Å². The van der Waals surface area contributed by atoms with Gasteiger partial charge in [0.1, 0.15) is 11.6 Å². The van der Waals surface area contributed by atoms with Crippen LogP contribution in [-0.4, -0.2) is 14.7 Å². The number of aromatic nitrogens is 2. The van der Waals surface area contributed by atoms with E-state index in [9.17, 15) is 9.90 Å². The molecule has 0 unspecified atom stereocenters. The summed E-state index contributed by atoms with van der Waals surface area (Å²) in [5.41, 5.74) is 2.25. The number of rotatable bonds is 1. The molecule has 0 saturated carbocycles. The standard InChI is InChI=1S/C16H13IN2O2/c1-9-7-11(17)3-6-15(9)19-10(2)18-14-5-4-12(20)8-13(14)16(19)21/h3-8,20H,1-2H3. The number of nitrogens with zero attached hydrogens (tertiary/aromatic N) is 2. The summed E-state index contributed by atoms with van der Waals surface area (Å²) in [5.74, 6) is 0.693. The third kappa shape index (κ3) is 2.42. The Labute approximate surface area is 135 Å². The minimum atomic E-state index is -0.169. The van der Waals surface area contributed by atoms with E-state index in [2.05, 4.69) is 27.6 Å². The van der Waals surface area contributed by atoms with Crippen LogP contribution in [0, 0.1) is 17.4 Å². The second-order valence-corrected chi connectivity index (χ2v) is 6.18. The lowest BCUT2D eigenvalue weighted by Crippen LogP contribution is -2.23. The summed E-state index contributed by atoms with van der Waals surface area (Å²) < 4.78 is 2.71. The predicted octanol–water partition coefficient (Wildman–Crippen LogP) is 3.31. The van der Waals surface area contributed by atoms with Gasteiger partial charge in [-0.05, 0) is 78.4 Å². The number of aromatic hydroxyl groups is 1. The molecule has 0 aliphatic heterocycles. The molecule has 21 heavy (non-hydrogen) atoms. The Hall–Kier alpha value is -1.89. The molecule has 0 amide bonds. The maximum absolute atomic E-state index is 12.7. The van der Waals surface area contributed by atoms with Crippen molar-refractivity contribution in [3.8, 4) is 11.4 Å². The maximum Gasteiger partial charge on any atom is 0.266 e. The molecule has 0 fully saturated rings. The van der Waals surface area contributed by atoms with E-state index in [0.717, 1.165) is 14.8 Å². The molecule has 0 aliphatic rings. The van der Waals surface area contributed by atoms with E-state index < -0.39 is 0 Å². The lowest BCUT2D eigenvalue weighted by Gasteiger charge is -2.13. The second-order valence-electron chi connectivity index (χ2n) is 4.93. The molecule has 1 N–H and O–H groups in total. The molecule has 5 heteroatoms. The van der Waals surface area contributed by atoms with Gasteiger partial charge in [0, 0.05) is 3.57 Å². The van der Waals surface area contributed by atoms with Crippen molar-refractivity contribution in [1.82, 2.24) is 9.55 Å². The Bertz CT molecular complexity index is 916. The summed E-state index contributed by atoms with van der Waals surface area (Å²) in [6.45, 7) is 3.78. The number of hydrogen-bond acceptors (Lipinski definition) is 3. The minimum absolute atomic E-state index is 0.0659. The van der Waals surface area contributed by atoms with E-state index in [0.29, 0.717) is 16.7 Å². The average molecular weight is 392 g/mol. The van der Waals surface area contributed by atoms with E-state index in [-0.39, 0.29) is 11.3 Å². The molecule has 3 rings (SSSR count). The molecule has 0 atom stereocenters. The van der Waals surface area contributed by atoms with E-state index >= 15 is 0 Å². The van der Waals surface area contributed by atoms with Crippen LogP contribution in [0.5, 0.6) is 5.75 Å². The van der Waals surface area contributed by atoms with Gasteiger partial charge in [0.15, 0.2) is 0 Å². The fourth-order valence-corrected chi connectivity index (χ4v) is 3.08. The van der Waals surface area contributed by atoms with Crippen LogP contribution < -0.4 is 5.56 Å². The summed E-state index contributed by atoms with van der Waals surface area (Å²) in [6.07, 6.45) is 0. The molecule has 1 heterocycles. The third-order valence-electron chi connectivity index (χ3n) is 3.42. The summed E-state index contributed by atoms with van der Waals surface area (Å²) in [4.78, 5) is 17.2. The van der Waals surface area contributed by atoms with Gasteiger partial charge in [-0.1, -0.05) is 0 Å².